The Kier molecular flexibility index (Phi) is 5.71. The predicted molar refractivity (Wildman–Crippen MR) is 113 cm³/mol. The fraction of sp³-hybridized carbons (Fsp3) is 0.364. The van der Waals surface area contributed by atoms with Gasteiger partial charge in [0.25, 0.3) is 0 Å². The largest absolute Gasteiger partial charge is 0.388 e. The van der Waals surface area contributed by atoms with Crippen LogP contribution in [0.2, 0.25) is 0 Å². The van der Waals surface area contributed by atoms with Gasteiger partial charge >= 0.3 is 0 Å². The van der Waals surface area contributed by atoms with Gasteiger partial charge in [0.05, 0.1) is 22.4 Å². The van der Waals surface area contributed by atoms with E-state index in [9.17, 15) is 9.90 Å². The molecule has 3 aromatic rings. The third-order valence-corrected chi connectivity index (χ3v) is 6.56. The Hall–Kier alpha value is -2.28. The van der Waals surface area contributed by atoms with Crippen LogP contribution in [0.15, 0.2) is 54.6 Å². The molecule has 6 heteroatoms. The lowest BCUT2D eigenvalue weighted by atomic mass is 9.87. The Morgan fingerprint density at radius 3 is 2.54 bits per heavy atom. The van der Waals surface area contributed by atoms with Crippen LogP contribution in [0.25, 0.3) is 10.2 Å². The lowest BCUT2D eigenvalue weighted by Crippen LogP contribution is -2.46. The number of fused-ring (bicyclic) bond motifs is 1. The summed E-state index contributed by atoms with van der Waals surface area (Å²) in [6.07, 6.45) is 1.33. The number of aromatic nitrogens is 1. The first-order chi connectivity index (χ1) is 13.6. The van der Waals surface area contributed by atoms with Gasteiger partial charge in [-0.1, -0.05) is 53.8 Å². The van der Waals surface area contributed by atoms with Gasteiger partial charge in [0, 0.05) is 0 Å². The highest BCUT2D eigenvalue weighted by Gasteiger charge is 2.30. The van der Waals surface area contributed by atoms with Crippen LogP contribution in [0.3, 0.4) is 0 Å². The summed E-state index contributed by atoms with van der Waals surface area (Å²) < 4.78 is 1.07. The number of nitrogens with one attached hydrogen (secondary N) is 1. The zero-order valence-corrected chi connectivity index (χ0v) is 16.7. The summed E-state index contributed by atoms with van der Waals surface area (Å²) >= 11 is 1.50. The molecule has 1 aliphatic rings. The quantitative estimate of drug-likeness (QED) is 0.683. The zero-order valence-electron chi connectivity index (χ0n) is 15.9. The van der Waals surface area contributed by atoms with E-state index in [1.807, 2.05) is 61.5 Å². The molecule has 146 valence electrons. The van der Waals surface area contributed by atoms with E-state index in [0.717, 1.165) is 41.7 Å². The number of benzene rings is 2. The molecule has 4 rings (SSSR count). The van der Waals surface area contributed by atoms with Crippen molar-refractivity contribution < 1.29 is 9.90 Å². The molecule has 0 spiro atoms. The maximum absolute atomic E-state index is 12.7. The monoisotopic (exact) mass is 395 g/mol. The summed E-state index contributed by atoms with van der Waals surface area (Å²) in [4.78, 5) is 19.4. The number of amides is 1. The van der Waals surface area contributed by atoms with Gasteiger partial charge in [0.1, 0.15) is 0 Å². The summed E-state index contributed by atoms with van der Waals surface area (Å²) in [7, 11) is 0. The third-order valence-electron chi connectivity index (χ3n) is 5.61. The average Bonchev–Trinajstić information content (AvgIpc) is 3.15. The fourth-order valence-corrected chi connectivity index (χ4v) is 4.71. The number of carbonyl (C=O) groups is 1. The summed E-state index contributed by atoms with van der Waals surface area (Å²) in [6.45, 7) is 3.56. The number of rotatable bonds is 5. The molecule has 0 aliphatic carbocycles. The van der Waals surface area contributed by atoms with Crippen LogP contribution in [-0.2, 0) is 4.79 Å². The molecule has 0 bridgehead atoms. The highest BCUT2D eigenvalue weighted by Crippen LogP contribution is 2.31. The minimum atomic E-state index is -0.435. The van der Waals surface area contributed by atoms with Crippen molar-refractivity contribution >= 4 is 32.6 Å². The molecule has 2 heterocycles. The van der Waals surface area contributed by atoms with Crippen molar-refractivity contribution in [1.29, 1.82) is 0 Å². The number of aliphatic hydroxyl groups is 1. The molecule has 0 saturated carbocycles. The van der Waals surface area contributed by atoms with Gasteiger partial charge in [-0.05, 0) is 56.5 Å². The number of anilines is 1. The number of piperidine rings is 1. The summed E-state index contributed by atoms with van der Waals surface area (Å²) in [5.74, 6) is 0.208. The van der Waals surface area contributed by atoms with Crippen molar-refractivity contribution in [2.75, 3.05) is 18.4 Å². The maximum Gasteiger partial charge on any atom is 0.243 e. The second-order valence-corrected chi connectivity index (χ2v) is 8.41. The van der Waals surface area contributed by atoms with E-state index in [1.54, 1.807) is 0 Å². The number of hydrogen-bond acceptors (Lipinski definition) is 5. The topological polar surface area (TPSA) is 65.5 Å². The van der Waals surface area contributed by atoms with Gasteiger partial charge < -0.3 is 10.4 Å². The standard InChI is InChI=1S/C22H25N3O2S/c1-15(21(27)24-22-23-18-9-5-6-10-19(18)28-22)25-13-11-17(12-14-25)20(26)16-7-3-2-4-8-16/h2-10,15,17,20,26H,11-14H2,1H3,(H,23,24,27). The molecule has 2 unspecified atom stereocenters. The summed E-state index contributed by atoms with van der Waals surface area (Å²) in [5.41, 5.74) is 1.88. The number of para-hydroxylation sites is 1. The van der Waals surface area contributed by atoms with E-state index < -0.39 is 6.10 Å². The second-order valence-electron chi connectivity index (χ2n) is 7.38. The number of likely N-dealkylation sites (tertiary alicyclic amines) is 1. The van der Waals surface area contributed by atoms with Crippen LogP contribution in [0.4, 0.5) is 5.13 Å². The first kappa shape index (κ1) is 19.1. The van der Waals surface area contributed by atoms with E-state index in [1.165, 1.54) is 11.3 Å². The van der Waals surface area contributed by atoms with Gasteiger partial charge in [-0.2, -0.15) is 0 Å². The van der Waals surface area contributed by atoms with Crippen LogP contribution in [0.5, 0.6) is 0 Å². The summed E-state index contributed by atoms with van der Waals surface area (Å²) in [6, 6.07) is 17.5. The van der Waals surface area contributed by atoms with Gasteiger partial charge in [0.2, 0.25) is 5.91 Å². The highest BCUT2D eigenvalue weighted by atomic mass is 32.1. The Bertz CT molecular complexity index is 902. The van der Waals surface area contributed by atoms with Crippen molar-refractivity contribution in [1.82, 2.24) is 9.88 Å². The maximum atomic E-state index is 12.7. The number of carbonyl (C=O) groups excluding carboxylic acids is 1. The smallest absolute Gasteiger partial charge is 0.243 e. The Morgan fingerprint density at radius 2 is 1.82 bits per heavy atom. The molecule has 1 amide bonds. The van der Waals surface area contributed by atoms with Gasteiger partial charge in [-0.3, -0.25) is 9.69 Å². The van der Waals surface area contributed by atoms with Crippen molar-refractivity contribution in [3.8, 4) is 0 Å². The lowest BCUT2D eigenvalue weighted by molar-refractivity contribution is -0.121. The van der Waals surface area contributed by atoms with E-state index in [2.05, 4.69) is 15.2 Å². The molecule has 1 aromatic heterocycles. The molecular weight excluding hydrogens is 370 g/mol. The van der Waals surface area contributed by atoms with Crippen LogP contribution < -0.4 is 5.32 Å². The molecule has 1 fully saturated rings. The molecule has 0 radical (unpaired) electrons. The van der Waals surface area contributed by atoms with Crippen molar-refractivity contribution in [2.24, 2.45) is 5.92 Å². The third kappa shape index (κ3) is 4.09. The SMILES string of the molecule is CC(C(=O)Nc1nc2ccccc2s1)N1CCC(C(O)c2ccccc2)CC1. The molecule has 2 aromatic carbocycles. The van der Waals surface area contributed by atoms with Gasteiger partial charge in [-0.15, -0.1) is 0 Å². The fourth-order valence-electron chi connectivity index (χ4n) is 3.85. The second kappa shape index (κ2) is 8.39. The molecule has 5 nitrogen and oxygen atoms in total. The van der Waals surface area contributed by atoms with Crippen LogP contribution in [-0.4, -0.2) is 40.0 Å². The Labute approximate surface area is 169 Å². The minimum Gasteiger partial charge on any atom is -0.388 e. The van der Waals surface area contributed by atoms with Crippen LogP contribution in [0.1, 0.15) is 31.4 Å². The van der Waals surface area contributed by atoms with Crippen molar-refractivity contribution in [3.05, 3.63) is 60.2 Å². The van der Waals surface area contributed by atoms with E-state index >= 15 is 0 Å². The van der Waals surface area contributed by atoms with Crippen LogP contribution in [0, 0.1) is 5.92 Å². The normalized spacial score (nSPS) is 18.1. The van der Waals surface area contributed by atoms with E-state index in [0.29, 0.717) is 5.13 Å². The van der Waals surface area contributed by atoms with Gasteiger partial charge in [0.15, 0.2) is 5.13 Å². The summed E-state index contributed by atoms with van der Waals surface area (Å²) in [5, 5.41) is 14.3. The van der Waals surface area contributed by atoms with Crippen LogP contribution >= 0.6 is 11.3 Å². The lowest BCUT2D eigenvalue weighted by Gasteiger charge is -2.37. The minimum absolute atomic E-state index is 0.0267. The van der Waals surface area contributed by atoms with E-state index in [4.69, 9.17) is 0 Å². The molecule has 1 saturated heterocycles. The molecule has 1 aliphatic heterocycles. The molecule has 2 atom stereocenters. The first-order valence-electron chi connectivity index (χ1n) is 9.75. The number of thiazole rings is 1. The number of nitrogens with zero attached hydrogens (tertiary/aromatic N) is 2. The van der Waals surface area contributed by atoms with Crippen molar-refractivity contribution in [3.63, 3.8) is 0 Å². The number of hydrogen-bond donors (Lipinski definition) is 2. The van der Waals surface area contributed by atoms with Gasteiger partial charge in [-0.25, -0.2) is 4.98 Å². The molecule has 28 heavy (non-hydrogen) atoms. The number of aliphatic hydroxyl groups excluding tert-OH is 1. The molecular formula is C22H25N3O2S. The predicted octanol–water partition coefficient (Wildman–Crippen LogP) is 4.07. The van der Waals surface area contributed by atoms with Crippen molar-refractivity contribution in [2.45, 2.75) is 31.9 Å². The average molecular weight is 396 g/mol. The Balaban J connectivity index is 1.33. The zero-order chi connectivity index (χ0) is 19.5. The first-order valence-corrected chi connectivity index (χ1v) is 10.6. The van der Waals surface area contributed by atoms with E-state index in [-0.39, 0.29) is 17.9 Å². The molecule has 2 N–H and O–H groups in total. The Morgan fingerprint density at radius 1 is 1.14 bits per heavy atom. The highest BCUT2D eigenvalue weighted by molar-refractivity contribution is 7.22.